The third-order valence-corrected chi connectivity index (χ3v) is 11.5. The summed E-state index contributed by atoms with van der Waals surface area (Å²) in [4.78, 5) is 12.2. The van der Waals surface area contributed by atoms with E-state index in [2.05, 4.69) is 39.9 Å². The highest BCUT2D eigenvalue weighted by Crippen LogP contribution is 2.71. The molecule has 0 aliphatic heterocycles. The standard InChI is InChI=1S/C28H49NO2/c1-6-17-29-25(31)10-7-19(2)22-8-9-23-21-12-14-26(3)18-20(30)11-16-28(26,5)24(21)13-15-27(22,23)4/h19-24,30H,6-18H2,1-5H3,(H,29,31)/t19-,20-,21+,22?,23+,24+,26-,27-,28-/m1/s1. The Morgan fingerprint density at radius 1 is 1.03 bits per heavy atom. The van der Waals surface area contributed by atoms with Gasteiger partial charge >= 0.3 is 0 Å². The van der Waals surface area contributed by atoms with Crippen molar-refractivity contribution in [2.45, 2.75) is 118 Å². The number of carbonyl (C=O) groups excluding carboxylic acids is 1. The van der Waals surface area contributed by atoms with Crippen LogP contribution < -0.4 is 5.32 Å². The van der Waals surface area contributed by atoms with E-state index in [1.165, 1.54) is 44.9 Å². The number of fused-ring (bicyclic) bond motifs is 5. The normalized spacial score (nSPS) is 47.7. The predicted molar refractivity (Wildman–Crippen MR) is 128 cm³/mol. The molecule has 3 heteroatoms. The van der Waals surface area contributed by atoms with E-state index >= 15 is 0 Å². The third-order valence-electron chi connectivity index (χ3n) is 11.5. The van der Waals surface area contributed by atoms with Crippen LogP contribution in [0.3, 0.4) is 0 Å². The van der Waals surface area contributed by atoms with Crippen LogP contribution in [0.1, 0.15) is 112 Å². The molecule has 0 radical (unpaired) electrons. The highest BCUT2D eigenvalue weighted by atomic mass is 16.3. The quantitative estimate of drug-likeness (QED) is 0.515. The molecule has 1 unspecified atom stereocenters. The molecule has 31 heavy (non-hydrogen) atoms. The average Bonchev–Trinajstić information content (AvgIpc) is 3.08. The lowest BCUT2D eigenvalue weighted by Crippen LogP contribution is -2.58. The van der Waals surface area contributed by atoms with Crippen molar-refractivity contribution < 1.29 is 9.90 Å². The van der Waals surface area contributed by atoms with Crippen LogP contribution in [0, 0.1) is 45.8 Å². The Bertz CT molecular complexity index is 663. The van der Waals surface area contributed by atoms with Crippen LogP contribution >= 0.6 is 0 Å². The van der Waals surface area contributed by atoms with Crippen molar-refractivity contribution in [2.75, 3.05) is 6.54 Å². The van der Waals surface area contributed by atoms with Crippen LogP contribution in [0.4, 0.5) is 0 Å². The summed E-state index contributed by atoms with van der Waals surface area (Å²) in [6, 6.07) is 0. The molecule has 4 saturated carbocycles. The lowest BCUT2D eigenvalue weighted by molar-refractivity contribution is -0.171. The SMILES string of the molecule is CCCNC(=O)CC[C@@H](C)C1CC[C@H]2[C@@H]3CC[C@]4(C)C[C@H](O)CC[C@]4(C)[C@H]3CC[C@]12C. The minimum atomic E-state index is -0.0743. The molecule has 0 aromatic heterocycles. The first-order valence-corrected chi connectivity index (χ1v) is 13.6. The number of aliphatic hydroxyl groups is 1. The van der Waals surface area contributed by atoms with Gasteiger partial charge in [-0.05, 0) is 116 Å². The first-order chi connectivity index (χ1) is 14.6. The zero-order chi connectivity index (χ0) is 22.4. The van der Waals surface area contributed by atoms with E-state index in [1.54, 1.807) is 0 Å². The van der Waals surface area contributed by atoms with E-state index in [0.717, 1.165) is 55.9 Å². The van der Waals surface area contributed by atoms with Gasteiger partial charge in [-0.1, -0.05) is 34.6 Å². The van der Waals surface area contributed by atoms with Crippen molar-refractivity contribution in [3.05, 3.63) is 0 Å². The molecule has 0 spiro atoms. The van der Waals surface area contributed by atoms with Crippen LogP contribution in [-0.4, -0.2) is 23.7 Å². The zero-order valence-corrected chi connectivity index (χ0v) is 21.0. The predicted octanol–water partition coefficient (Wildman–Crippen LogP) is 6.34. The monoisotopic (exact) mass is 431 g/mol. The molecule has 9 atom stereocenters. The fourth-order valence-corrected chi connectivity index (χ4v) is 9.50. The van der Waals surface area contributed by atoms with Crippen LogP contribution in [0.15, 0.2) is 0 Å². The Morgan fingerprint density at radius 3 is 2.55 bits per heavy atom. The molecule has 4 fully saturated rings. The molecule has 0 saturated heterocycles. The molecule has 0 aromatic carbocycles. The van der Waals surface area contributed by atoms with Crippen LogP contribution in [0.2, 0.25) is 0 Å². The minimum absolute atomic E-state index is 0.0743. The Hall–Kier alpha value is -0.570. The van der Waals surface area contributed by atoms with Gasteiger partial charge in [0.2, 0.25) is 5.91 Å². The van der Waals surface area contributed by atoms with E-state index in [-0.39, 0.29) is 12.0 Å². The van der Waals surface area contributed by atoms with E-state index < -0.39 is 0 Å². The number of hydrogen-bond donors (Lipinski definition) is 2. The number of rotatable bonds is 6. The molecule has 178 valence electrons. The molecular formula is C28H49NO2. The number of aliphatic hydroxyl groups excluding tert-OH is 1. The maximum atomic E-state index is 12.2. The van der Waals surface area contributed by atoms with Crippen molar-refractivity contribution in [1.82, 2.24) is 5.32 Å². The lowest BCUT2D eigenvalue weighted by Gasteiger charge is -2.65. The van der Waals surface area contributed by atoms with Gasteiger partial charge in [-0.15, -0.1) is 0 Å². The number of nitrogens with one attached hydrogen (secondary N) is 1. The van der Waals surface area contributed by atoms with Gasteiger partial charge in [-0.25, -0.2) is 0 Å². The molecule has 4 rings (SSSR count). The number of hydrogen-bond acceptors (Lipinski definition) is 2. The summed E-state index contributed by atoms with van der Waals surface area (Å²) in [6.07, 6.45) is 14.2. The molecule has 4 aliphatic rings. The number of carbonyl (C=O) groups is 1. The summed E-state index contributed by atoms with van der Waals surface area (Å²) in [5, 5.41) is 13.5. The molecule has 0 aromatic rings. The second kappa shape index (κ2) is 8.65. The van der Waals surface area contributed by atoms with E-state index in [9.17, 15) is 9.90 Å². The van der Waals surface area contributed by atoms with Gasteiger partial charge < -0.3 is 10.4 Å². The maximum absolute atomic E-state index is 12.2. The highest BCUT2D eigenvalue weighted by molar-refractivity contribution is 5.75. The minimum Gasteiger partial charge on any atom is -0.393 e. The van der Waals surface area contributed by atoms with Gasteiger partial charge in [0.15, 0.2) is 0 Å². The molecule has 1 amide bonds. The summed E-state index contributed by atoms with van der Waals surface area (Å²) in [6.45, 7) is 13.1. The van der Waals surface area contributed by atoms with Gasteiger partial charge in [-0.2, -0.15) is 0 Å². The van der Waals surface area contributed by atoms with Gasteiger partial charge in [0.05, 0.1) is 6.10 Å². The van der Waals surface area contributed by atoms with Gasteiger partial charge in [0.25, 0.3) is 0 Å². The number of amides is 1. The molecule has 2 N–H and O–H groups in total. The second-order valence-electron chi connectivity index (χ2n) is 12.9. The first-order valence-electron chi connectivity index (χ1n) is 13.6. The molecular weight excluding hydrogens is 382 g/mol. The van der Waals surface area contributed by atoms with Gasteiger partial charge in [-0.3, -0.25) is 4.79 Å². The second-order valence-corrected chi connectivity index (χ2v) is 12.9. The van der Waals surface area contributed by atoms with Crippen LogP contribution in [0.5, 0.6) is 0 Å². The summed E-state index contributed by atoms with van der Waals surface area (Å²) in [5.74, 6) is 4.29. The summed E-state index contributed by atoms with van der Waals surface area (Å²) < 4.78 is 0. The van der Waals surface area contributed by atoms with E-state index in [0.29, 0.717) is 28.6 Å². The van der Waals surface area contributed by atoms with Crippen molar-refractivity contribution >= 4 is 5.91 Å². The summed E-state index contributed by atoms with van der Waals surface area (Å²) in [7, 11) is 0. The fraction of sp³-hybridized carbons (Fsp3) is 0.964. The average molecular weight is 432 g/mol. The van der Waals surface area contributed by atoms with E-state index in [1.807, 2.05) is 0 Å². The lowest BCUT2D eigenvalue weighted by atomic mass is 9.40. The Balaban J connectivity index is 1.45. The van der Waals surface area contributed by atoms with Crippen LogP contribution in [-0.2, 0) is 4.79 Å². The highest BCUT2D eigenvalue weighted by Gasteiger charge is 2.63. The Morgan fingerprint density at radius 2 is 1.81 bits per heavy atom. The van der Waals surface area contributed by atoms with Crippen molar-refractivity contribution in [2.24, 2.45) is 45.8 Å². The molecule has 0 bridgehead atoms. The molecule has 4 aliphatic carbocycles. The first kappa shape index (κ1) is 23.6. The zero-order valence-electron chi connectivity index (χ0n) is 21.0. The Labute approximate surface area is 191 Å². The fourth-order valence-electron chi connectivity index (χ4n) is 9.50. The van der Waals surface area contributed by atoms with Crippen molar-refractivity contribution in [1.29, 1.82) is 0 Å². The molecule has 0 heterocycles. The smallest absolute Gasteiger partial charge is 0.220 e. The van der Waals surface area contributed by atoms with E-state index in [4.69, 9.17) is 0 Å². The summed E-state index contributed by atoms with van der Waals surface area (Å²) >= 11 is 0. The van der Waals surface area contributed by atoms with Crippen LogP contribution in [0.25, 0.3) is 0 Å². The largest absolute Gasteiger partial charge is 0.393 e. The van der Waals surface area contributed by atoms with Crippen molar-refractivity contribution in [3.63, 3.8) is 0 Å². The topological polar surface area (TPSA) is 49.3 Å². The Kier molecular flexibility index (Phi) is 6.58. The van der Waals surface area contributed by atoms with Gasteiger partial charge in [0.1, 0.15) is 0 Å². The summed E-state index contributed by atoms with van der Waals surface area (Å²) in [5.41, 5.74) is 1.22. The maximum Gasteiger partial charge on any atom is 0.220 e. The molecule has 3 nitrogen and oxygen atoms in total. The third kappa shape index (κ3) is 3.89. The van der Waals surface area contributed by atoms with Crippen molar-refractivity contribution in [3.8, 4) is 0 Å². The van der Waals surface area contributed by atoms with Gasteiger partial charge in [0, 0.05) is 13.0 Å².